The van der Waals surface area contributed by atoms with E-state index in [1.807, 2.05) is 32.0 Å². The molecule has 2 N–H and O–H groups in total. The van der Waals surface area contributed by atoms with Crippen LogP contribution in [-0.2, 0) is 9.59 Å². The van der Waals surface area contributed by atoms with Crippen LogP contribution >= 0.6 is 0 Å². The molecule has 0 saturated heterocycles. The lowest BCUT2D eigenvalue weighted by Crippen LogP contribution is -2.26. The zero-order chi connectivity index (χ0) is 15.6. The summed E-state index contributed by atoms with van der Waals surface area (Å²) in [6.45, 7) is 5.33. The smallest absolute Gasteiger partial charge is 0.315 e. The fourth-order valence-electron chi connectivity index (χ4n) is 1.94. The zero-order valence-corrected chi connectivity index (χ0v) is 12.1. The normalized spacial score (nSPS) is 12.0. The second-order valence-corrected chi connectivity index (χ2v) is 5.01. The Morgan fingerprint density at radius 2 is 2.05 bits per heavy atom. The van der Waals surface area contributed by atoms with Crippen molar-refractivity contribution < 1.29 is 14.7 Å². The monoisotopic (exact) mass is 287 g/mol. The van der Waals surface area contributed by atoms with Crippen molar-refractivity contribution in [2.24, 2.45) is 5.92 Å². The van der Waals surface area contributed by atoms with Crippen molar-refractivity contribution in [2.75, 3.05) is 5.32 Å². The van der Waals surface area contributed by atoms with Gasteiger partial charge in [0.25, 0.3) is 0 Å². The minimum atomic E-state index is -1.16. The van der Waals surface area contributed by atoms with Crippen LogP contribution in [0.15, 0.2) is 30.6 Å². The van der Waals surface area contributed by atoms with E-state index in [9.17, 15) is 9.59 Å². The molecule has 1 unspecified atom stereocenters. The van der Waals surface area contributed by atoms with Crippen LogP contribution in [0.25, 0.3) is 5.69 Å². The molecule has 0 spiro atoms. The van der Waals surface area contributed by atoms with Gasteiger partial charge in [-0.2, -0.15) is 5.10 Å². The lowest BCUT2D eigenvalue weighted by Gasteiger charge is -2.07. The number of carbonyl (C=O) groups excluding carboxylic acids is 1. The molecule has 1 heterocycles. The van der Waals surface area contributed by atoms with E-state index in [-0.39, 0.29) is 0 Å². The first-order valence-electron chi connectivity index (χ1n) is 6.54. The summed E-state index contributed by atoms with van der Waals surface area (Å²) in [4.78, 5) is 22.4. The van der Waals surface area contributed by atoms with E-state index >= 15 is 0 Å². The highest BCUT2D eigenvalue weighted by molar-refractivity contribution is 6.03. The van der Waals surface area contributed by atoms with Crippen molar-refractivity contribution in [1.29, 1.82) is 0 Å². The summed E-state index contributed by atoms with van der Waals surface area (Å²) in [7, 11) is 0. The highest BCUT2D eigenvalue weighted by Crippen LogP contribution is 2.17. The first-order valence-corrected chi connectivity index (χ1v) is 6.54. The summed E-state index contributed by atoms with van der Waals surface area (Å²) >= 11 is 0. The number of nitrogens with zero attached hydrogens (tertiary/aromatic N) is 2. The average molecular weight is 287 g/mol. The summed E-state index contributed by atoms with van der Waals surface area (Å²) in [6.07, 6.45) is 3.15. The Morgan fingerprint density at radius 3 is 2.67 bits per heavy atom. The van der Waals surface area contributed by atoms with Gasteiger partial charge in [-0.25, -0.2) is 4.68 Å². The van der Waals surface area contributed by atoms with Gasteiger partial charge in [0.2, 0.25) is 5.91 Å². The third-order valence-electron chi connectivity index (χ3n) is 3.21. The maximum atomic E-state index is 11.7. The molecule has 1 atom stereocenters. The topological polar surface area (TPSA) is 84.2 Å². The molecule has 0 aliphatic carbocycles. The van der Waals surface area contributed by atoms with E-state index in [4.69, 9.17) is 5.11 Å². The summed E-state index contributed by atoms with van der Waals surface area (Å²) in [5.74, 6) is -2.83. The highest BCUT2D eigenvalue weighted by atomic mass is 16.4. The first-order chi connectivity index (χ1) is 9.88. The van der Waals surface area contributed by atoms with Gasteiger partial charge in [-0.3, -0.25) is 9.59 Å². The molecule has 2 aromatic rings. The van der Waals surface area contributed by atoms with Gasteiger partial charge < -0.3 is 10.4 Å². The molecule has 6 heteroatoms. The van der Waals surface area contributed by atoms with Crippen molar-refractivity contribution in [3.63, 3.8) is 0 Å². The molecule has 0 aliphatic heterocycles. The van der Waals surface area contributed by atoms with Crippen molar-refractivity contribution in [3.05, 3.63) is 41.7 Å². The Labute approximate surface area is 122 Å². The minimum absolute atomic E-state index is 0.466. The number of aryl methyl sites for hydroxylation is 2. The van der Waals surface area contributed by atoms with Gasteiger partial charge >= 0.3 is 5.97 Å². The van der Waals surface area contributed by atoms with Crippen LogP contribution in [0.4, 0.5) is 5.69 Å². The molecule has 1 aromatic heterocycles. The third-order valence-corrected chi connectivity index (χ3v) is 3.21. The van der Waals surface area contributed by atoms with E-state index in [0.717, 1.165) is 16.8 Å². The number of hydrogen-bond acceptors (Lipinski definition) is 3. The fourth-order valence-corrected chi connectivity index (χ4v) is 1.94. The largest absolute Gasteiger partial charge is 0.481 e. The number of hydrogen-bond donors (Lipinski definition) is 2. The molecule has 1 amide bonds. The zero-order valence-electron chi connectivity index (χ0n) is 12.1. The van der Waals surface area contributed by atoms with Crippen molar-refractivity contribution in [2.45, 2.75) is 20.8 Å². The molecule has 2 rings (SSSR count). The van der Waals surface area contributed by atoms with E-state index < -0.39 is 17.8 Å². The van der Waals surface area contributed by atoms with Gasteiger partial charge in [-0.1, -0.05) is 17.7 Å². The van der Waals surface area contributed by atoms with Gasteiger partial charge in [0.05, 0.1) is 23.8 Å². The van der Waals surface area contributed by atoms with E-state index in [1.165, 1.54) is 13.1 Å². The Bertz CT molecular complexity index is 691. The molecule has 1 aromatic carbocycles. The fraction of sp³-hybridized carbons (Fsp3) is 0.267. The number of aromatic nitrogens is 2. The number of carboxylic acids is 1. The van der Waals surface area contributed by atoms with Crippen LogP contribution in [0, 0.1) is 19.8 Å². The molecular weight excluding hydrogens is 270 g/mol. The number of benzene rings is 1. The summed E-state index contributed by atoms with van der Waals surface area (Å²) in [6, 6.07) is 5.97. The van der Waals surface area contributed by atoms with Crippen LogP contribution in [0.5, 0.6) is 0 Å². The Hall–Kier alpha value is -2.63. The summed E-state index contributed by atoms with van der Waals surface area (Å²) < 4.78 is 1.65. The second-order valence-electron chi connectivity index (χ2n) is 5.01. The number of amides is 1. The maximum Gasteiger partial charge on any atom is 0.315 e. The molecule has 110 valence electrons. The van der Waals surface area contributed by atoms with Gasteiger partial charge in [0, 0.05) is 0 Å². The van der Waals surface area contributed by atoms with Gasteiger partial charge in [-0.15, -0.1) is 0 Å². The van der Waals surface area contributed by atoms with Gasteiger partial charge in [0.15, 0.2) is 0 Å². The molecule has 0 bridgehead atoms. The Morgan fingerprint density at radius 1 is 1.33 bits per heavy atom. The molecule has 0 saturated carbocycles. The maximum absolute atomic E-state index is 11.7. The number of carbonyl (C=O) groups is 2. The SMILES string of the molecule is Cc1ccc(-n2cc(NC(=O)C(C)C(=O)O)cn2)c(C)c1. The number of rotatable bonds is 4. The van der Waals surface area contributed by atoms with Crippen LogP contribution in [0.2, 0.25) is 0 Å². The quantitative estimate of drug-likeness (QED) is 0.844. The number of aliphatic carboxylic acids is 1. The Kier molecular flexibility index (Phi) is 4.07. The number of nitrogens with one attached hydrogen (secondary N) is 1. The molecule has 6 nitrogen and oxygen atoms in total. The van der Waals surface area contributed by atoms with Crippen LogP contribution < -0.4 is 5.32 Å². The van der Waals surface area contributed by atoms with Crippen molar-refractivity contribution in [1.82, 2.24) is 9.78 Å². The average Bonchev–Trinajstić information content (AvgIpc) is 2.85. The van der Waals surface area contributed by atoms with Crippen LogP contribution in [0.3, 0.4) is 0 Å². The van der Waals surface area contributed by atoms with E-state index in [1.54, 1.807) is 10.9 Å². The Balaban J connectivity index is 2.18. The van der Waals surface area contributed by atoms with Crippen LogP contribution in [0.1, 0.15) is 18.1 Å². The third kappa shape index (κ3) is 3.28. The van der Waals surface area contributed by atoms with E-state index in [0.29, 0.717) is 5.69 Å². The predicted molar refractivity (Wildman–Crippen MR) is 78.5 cm³/mol. The lowest BCUT2D eigenvalue weighted by molar-refractivity contribution is -0.144. The van der Waals surface area contributed by atoms with Crippen molar-refractivity contribution >= 4 is 17.6 Å². The molecule has 21 heavy (non-hydrogen) atoms. The van der Waals surface area contributed by atoms with Gasteiger partial charge in [-0.05, 0) is 32.4 Å². The second kappa shape index (κ2) is 5.78. The van der Waals surface area contributed by atoms with Gasteiger partial charge in [0.1, 0.15) is 5.92 Å². The highest BCUT2D eigenvalue weighted by Gasteiger charge is 2.20. The van der Waals surface area contributed by atoms with Crippen LogP contribution in [-0.4, -0.2) is 26.8 Å². The molecule has 0 aliphatic rings. The summed E-state index contributed by atoms with van der Waals surface area (Å²) in [5.41, 5.74) is 3.60. The number of carboxylic acid groups (broad SMARTS) is 1. The standard InChI is InChI=1S/C15H17N3O3/c1-9-4-5-13(10(2)6-9)18-8-12(7-16-18)17-14(19)11(3)15(20)21/h4-8,11H,1-3H3,(H,17,19)(H,20,21). The molecule has 0 fully saturated rings. The number of anilines is 1. The lowest BCUT2D eigenvalue weighted by atomic mass is 10.1. The molecule has 0 radical (unpaired) electrons. The summed E-state index contributed by atoms with van der Waals surface area (Å²) in [5, 5.41) is 15.5. The predicted octanol–water partition coefficient (Wildman–Crippen LogP) is 2.15. The van der Waals surface area contributed by atoms with E-state index in [2.05, 4.69) is 10.4 Å². The first kappa shape index (κ1) is 14.8. The van der Waals surface area contributed by atoms with Crippen molar-refractivity contribution in [3.8, 4) is 5.69 Å². The minimum Gasteiger partial charge on any atom is -0.481 e. The molecular formula is C15H17N3O3.